The number of aryl methyl sites for hydroxylation is 2. The lowest BCUT2D eigenvalue weighted by atomic mass is 10.2. The van der Waals surface area contributed by atoms with Crippen LogP contribution in [0.3, 0.4) is 0 Å². The molecule has 110 valence electrons. The summed E-state index contributed by atoms with van der Waals surface area (Å²) in [7, 11) is -3.22. The van der Waals surface area contributed by atoms with Crippen molar-refractivity contribution in [3.8, 4) is 0 Å². The van der Waals surface area contributed by atoms with Crippen LogP contribution >= 0.6 is 0 Å². The van der Waals surface area contributed by atoms with Crippen molar-refractivity contribution >= 4 is 21.8 Å². The lowest BCUT2D eigenvalue weighted by Gasteiger charge is -2.34. The first-order valence-corrected chi connectivity index (χ1v) is 7.97. The molecule has 1 aromatic heterocycles. The number of carboxylic acids is 1. The van der Waals surface area contributed by atoms with Gasteiger partial charge in [0.15, 0.2) is 9.84 Å². The number of carbonyl (C=O) groups is 1. The summed E-state index contributed by atoms with van der Waals surface area (Å²) in [6.07, 6.45) is -0.268. The molecule has 0 aliphatic carbocycles. The molecule has 9 heteroatoms. The highest BCUT2D eigenvalue weighted by atomic mass is 32.2. The maximum Gasteiger partial charge on any atom is 0.305 e. The van der Waals surface area contributed by atoms with E-state index in [1.807, 2.05) is 0 Å². The first-order chi connectivity index (χ1) is 9.28. The van der Waals surface area contributed by atoms with E-state index in [1.165, 1.54) is 0 Å². The number of rotatable bonds is 3. The third kappa shape index (κ3) is 3.21. The monoisotopic (exact) mass is 300 g/mol. The Morgan fingerprint density at radius 3 is 2.65 bits per heavy atom. The summed E-state index contributed by atoms with van der Waals surface area (Å²) in [6, 6.07) is -0.657. The van der Waals surface area contributed by atoms with Crippen LogP contribution in [0.4, 0.5) is 5.95 Å². The van der Waals surface area contributed by atoms with Crippen LogP contribution in [0.25, 0.3) is 0 Å². The van der Waals surface area contributed by atoms with Crippen molar-refractivity contribution in [3.63, 3.8) is 0 Å². The van der Waals surface area contributed by atoms with Crippen molar-refractivity contribution in [2.75, 3.05) is 23.0 Å². The molecule has 0 bridgehead atoms. The number of aliphatic carboxylic acids is 1. The smallest absolute Gasteiger partial charge is 0.305 e. The third-order valence-corrected chi connectivity index (χ3v) is 4.98. The van der Waals surface area contributed by atoms with Crippen molar-refractivity contribution in [2.24, 2.45) is 0 Å². The van der Waals surface area contributed by atoms with Crippen LogP contribution < -0.4 is 4.90 Å². The van der Waals surface area contributed by atoms with Crippen LogP contribution in [-0.4, -0.2) is 58.8 Å². The molecule has 20 heavy (non-hydrogen) atoms. The van der Waals surface area contributed by atoms with Gasteiger partial charge < -0.3 is 10.0 Å². The summed E-state index contributed by atoms with van der Waals surface area (Å²) < 4.78 is 23.3. The van der Waals surface area contributed by atoms with Gasteiger partial charge in [-0.2, -0.15) is 5.10 Å². The van der Waals surface area contributed by atoms with E-state index in [0.717, 1.165) is 0 Å². The summed E-state index contributed by atoms with van der Waals surface area (Å²) in [5.41, 5.74) is 1.38. The largest absolute Gasteiger partial charge is 0.481 e. The van der Waals surface area contributed by atoms with Crippen molar-refractivity contribution in [1.29, 1.82) is 0 Å². The molecule has 0 saturated carbocycles. The first kappa shape index (κ1) is 14.6. The molecule has 0 radical (unpaired) electrons. The fourth-order valence-corrected chi connectivity index (χ4v) is 3.61. The van der Waals surface area contributed by atoms with Gasteiger partial charge in [-0.05, 0) is 13.8 Å². The number of aromatic nitrogens is 3. The van der Waals surface area contributed by atoms with Crippen LogP contribution in [0.15, 0.2) is 0 Å². The standard InChI is InChI=1S/C11H16N4O4S/c1-7-8(2)13-14-11(12-7)15-3-4-20(18,19)6-9(15)5-10(16)17/h9H,3-6H2,1-2H3,(H,16,17). The Bertz CT molecular complexity index is 631. The first-order valence-electron chi connectivity index (χ1n) is 6.15. The summed E-state index contributed by atoms with van der Waals surface area (Å²) in [5, 5.41) is 16.8. The molecule has 2 heterocycles. The zero-order valence-electron chi connectivity index (χ0n) is 11.3. The average Bonchev–Trinajstić information content (AvgIpc) is 2.31. The molecule has 1 aliphatic rings. The molecule has 0 spiro atoms. The second-order valence-electron chi connectivity index (χ2n) is 4.84. The molecule has 1 saturated heterocycles. The van der Waals surface area contributed by atoms with E-state index < -0.39 is 21.8 Å². The highest BCUT2D eigenvalue weighted by Crippen LogP contribution is 2.20. The Morgan fingerprint density at radius 1 is 1.35 bits per heavy atom. The van der Waals surface area contributed by atoms with E-state index in [0.29, 0.717) is 11.4 Å². The van der Waals surface area contributed by atoms with Crippen LogP contribution in [0.1, 0.15) is 17.8 Å². The lowest BCUT2D eigenvalue weighted by molar-refractivity contribution is -0.137. The predicted molar refractivity (Wildman–Crippen MR) is 71.3 cm³/mol. The molecule has 1 aromatic rings. The van der Waals surface area contributed by atoms with Gasteiger partial charge in [-0.3, -0.25) is 4.79 Å². The van der Waals surface area contributed by atoms with Gasteiger partial charge in [0.2, 0.25) is 5.95 Å². The Labute approximate surface area is 116 Å². The van der Waals surface area contributed by atoms with Gasteiger partial charge in [0.25, 0.3) is 0 Å². The van der Waals surface area contributed by atoms with Gasteiger partial charge in [-0.25, -0.2) is 13.4 Å². The zero-order valence-corrected chi connectivity index (χ0v) is 12.1. The highest BCUT2D eigenvalue weighted by molar-refractivity contribution is 7.91. The van der Waals surface area contributed by atoms with Gasteiger partial charge in [-0.15, -0.1) is 5.10 Å². The summed E-state index contributed by atoms with van der Waals surface area (Å²) in [5.74, 6) is -0.988. The van der Waals surface area contributed by atoms with Crippen molar-refractivity contribution in [1.82, 2.24) is 15.2 Å². The van der Waals surface area contributed by atoms with Gasteiger partial charge in [0.05, 0.1) is 35.4 Å². The van der Waals surface area contributed by atoms with E-state index in [1.54, 1.807) is 18.7 Å². The molecule has 1 aliphatic heterocycles. The van der Waals surface area contributed by atoms with Crippen LogP contribution in [-0.2, 0) is 14.6 Å². The highest BCUT2D eigenvalue weighted by Gasteiger charge is 2.34. The topological polar surface area (TPSA) is 113 Å². The summed E-state index contributed by atoms with van der Waals surface area (Å²) >= 11 is 0. The number of nitrogens with zero attached hydrogens (tertiary/aromatic N) is 4. The number of sulfone groups is 1. The second-order valence-corrected chi connectivity index (χ2v) is 7.07. The Balaban J connectivity index is 2.31. The summed E-state index contributed by atoms with van der Waals surface area (Å²) in [4.78, 5) is 16.8. The predicted octanol–water partition coefficient (Wildman–Crippen LogP) is -0.433. The third-order valence-electron chi connectivity index (χ3n) is 3.28. The van der Waals surface area contributed by atoms with E-state index in [4.69, 9.17) is 5.11 Å². The average molecular weight is 300 g/mol. The fourth-order valence-electron chi connectivity index (χ4n) is 2.09. The lowest BCUT2D eigenvalue weighted by Crippen LogP contribution is -2.50. The molecule has 0 aromatic carbocycles. The number of hydrogen-bond acceptors (Lipinski definition) is 7. The number of anilines is 1. The van der Waals surface area contributed by atoms with Crippen LogP contribution in [0, 0.1) is 13.8 Å². The van der Waals surface area contributed by atoms with Crippen molar-refractivity contribution in [3.05, 3.63) is 11.4 Å². The van der Waals surface area contributed by atoms with Gasteiger partial charge in [0.1, 0.15) is 0 Å². The molecular formula is C11H16N4O4S. The van der Waals surface area contributed by atoms with Gasteiger partial charge in [0, 0.05) is 6.54 Å². The van der Waals surface area contributed by atoms with E-state index >= 15 is 0 Å². The zero-order chi connectivity index (χ0) is 14.9. The maximum absolute atomic E-state index is 11.7. The maximum atomic E-state index is 11.7. The number of hydrogen-bond donors (Lipinski definition) is 1. The molecule has 2 rings (SSSR count). The van der Waals surface area contributed by atoms with E-state index in [9.17, 15) is 13.2 Å². The molecule has 1 N–H and O–H groups in total. The minimum Gasteiger partial charge on any atom is -0.481 e. The van der Waals surface area contributed by atoms with E-state index in [2.05, 4.69) is 15.2 Å². The molecule has 1 fully saturated rings. The van der Waals surface area contributed by atoms with Crippen LogP contribution in [0.5, 0.6) is 0 Å². The van der Waals surface area contributed by atoms with Crippen molar-refractivity contribution in [2.45, 2.75) is 26.3 Å². The molecule has 1 unspecified atom stereocenters. The quantitative estimate of drug-likeness (QED) is 0.799. The van der Waals surface area contributed by atoms with Gasteiger partial charge >= 0.3 is 5.97 Å². The second kappa shape index (κ2) is 5.31. The number of carboxylic acid groups (broad SMARTS) is 1. The Hall–Kier alpha value is -1.77. The summed E-state index contributed by atoms with van der Waals surface area (Å²) in [6.45, 7) is 3.74. The molecular weight excluding hydrogens is 284 g/mol. The van der Waals surface area contributed by atoms with Gasteiger partial charge in [-0.1, -0.05) is 0 Å². The SMILES string of the molecule is Cc1nnc(N2CCS(=O)(=O)CC2CC(=O)O)nc1C. The van der Waals surface area contributed by atoms with Crippen molar-refractivity contribution < 1.29 is 18.3 Å². The van der Waals surface area contributed by atoms with E-state index in [-0.39, 0.29) is 30.4 Å². The van der Waals surface area contributed by atoms with Crippen LogP contribution in [0.2, 0.25) is 0 Å². The minimum atomic E-state index is -3.22. The Morgan fingerprint density at radius 2 is 2.05 bits per heavy atom. The normalized spacial score (nSPS) is 21.7. The molecule has 8 nitrogen and oxygen atoms in total. The minimum absolute atomic E-state index is 0.0284. The fraction of sp³-hybridized carbons (Fsp3) is 0.636. The molecule has 0 amide bonds. The molecule has 1 atom stereocenters. The Kier molecular flexibility index (Phi) is 3.89.